The van der Waals surface area contributed by atoms with Crippen molar-refractivity contribution in [3.8, 4) is 18.2 Å². The molecule has 0 unspecified atom stereocenters. The minimum absolute atomic E-state index is 0.0243. The number of fused-ring (bicyclic) bond motifs is 1. The lowest BCUT2D eigenvalue weighted by Gasteiger charge is -2.11. The van der Waals surface area contributed by atoms with E-state index in [1.54, 1.807) is 23.7 Å². The number of aryl methyl sites for hydroxylation is 1. The second kappa shape index (κ2) is 11.2. The van der Waals surface area contributed by atoms with Crippen molar-refractivity contribution in [3.63, 3.8) is 0 Å². The monoisotopic (exact) mass is 386 g/mol. The molecule has 2 aromatic carbocycles. The van der Waals surface area contributed by atoms with E-state index in [0.717, 1.165) is 60.4 Å². The van der Waals surface area contributed by atoms with Gasteiger partial charge >= 0.3 is 0 Å². The third-order valence-corrected chi connectivity index (χ3v) is 4.80. The fourth-order valence-corrected chi connectivity index (χ4v) is 3.36. The number of unbranched alkanes of at least 4 members (excludes halogenated alkanes) is 4. The van der Waals surface area contributed by atoms with Crippen LogP contribution in [0.3, 0.4) is 0 Å². The van der Waals surface area contributed by atoms with E-state index in [1.807, 2.05) is 30.3 Å². The summed E-state index contributed by atoms with van der Waals surface area (Å²) in [4.78, 5) is 11.0. The molecule has 0 radical (unpaired) electrons. The Bertz CT molecular complexity index is 1020. The maximum atomic E-state index is 11.0. The first-order chi connectivity index (χ1) is 14.1. The SMILES string of the molecule is N#CC(C#N)=Cc1ccc(C#N)c2c(CCCCCCCC(=O)NO)cccc12. The average Bonchev–Trinajstić information content (AvgIpc) is 2.76. The molecule has 0 aliphatic heterocycles. The second-order valence-corrected chi connectivity index (χ2v) is 6.74. The van der Waals surface area contributed by atoms with Crippen LogP contribution in [0.25, 0.3) is 16.8 Å². The third-order valence-electron chi connectivity index (χ3n) is 4.80. The summed E-state index contributed by atoms with van der Waals surface area (Å²) in [6.07, 6.45) is 7.33. The Morgan fingerprint density at radius 3 is 2.41 bits per heavy atom. The molecule has 146 valence electrons. The Kier molecular flexibility index (Phi) is 8.39. The highest BCUT2D eigenvalue weighted by Gasteiger charge is 2.10. The van der Waals surface area contributed by atoms with Crippen molar-refractivity contribution in [2.75, 3.05) is 0 Å². The van der Waals surface area contributed by atoms with Crippen molar-refractivity contribution < 1.29 is 10.0 Å². The van der Waals surface area contributed by atoms with Gasteiger partial charge in [0.25, 0.3) is 0 Å². The van der Waals surface area contributed by atoms with Crippen molar-refractivity contribution in [1.82, 2.24) is 5.48 Å². The molecule has 0 spiro atoms. The highest BCUT2D eigenvalue weighted by atomic mass is 16.5. The summed E-state index contributed by atoms with van der Waals surface area (Å²) in [7, 11) is 0. The number of hydrogen-bond donors (Lipinski definition) is 2. The molecule has 2 aromatic rings. The van der Waals surface area contributed by atoms with Crippen LogP contribution in [0, 0.1) is 34.0 Å². The Morgan fingerprint density at radius 2 is 1.72 bits per heavy atom. The highest BCUT2D eigenvalue weighted by molar-refractivity contribution is 5.97. The Hall–Kier alpha value is -3.66. The molecule has 0 fully saturated rings. The summed E-state index contributed by atoms with van der Waals surface area (Å²) < 4.78 is 0. The number of allylic oxidation sites excluding steroid dienone is 1. The van der Waals surface area contributed by atoms with Gasteiger partial charge in [0.15, 0.2) is 0 Å². The van der Waals surface area contributed by atoms with Crippen molar-refractivity contribution in [2.24, 2.45) is 0 Å². The number of hydrogen-bond acceptors (Lipinski definition) is 5. The number of carbonyl (C=O) groups excluding carboxylic acids is 1. The Labute approximate surface area is 170 Å². The van der Waals surface area contributed by atoms with Crippen molar-refractivity contribution in [3.05, 3.63) is 52.6 Å². The van der Waals surface area contributed by atoms with E-state index < -0.39 is 0 Å². The molecule has 0 saturated heterocycles. The van der Waals surface area contributed by atoms with Crippen LogP contribution in [0.2, 0.25) is 0 Å². The number of carbonyl (C=O) groups is 1. The summed E-state index contributed by atoms with van der Waals surface area (Å²) >= 11 is 0. The largest absolute Gasteiger partial charge is 0.289 e. The number of nitrogens with one attached hydrogen (secondary N) is 1. The summed E-state index contributed by atoms with van der Waals surface area (Å²) in [6.45, 7) is 0. The summed E-state index contributed by atoms with van der Waals surface area (Å²) in [5, 5.41) is 37.8. The first kappa shape index (κ1) is 21.6. The van der Waals surface area contributed by atoms with Gasteiger partial charge in [0.05, 0.1) is 11.6 Å². The zero-order valence-electron chi connectivity index (χ0n) is 16.1. The maximum Gasteiger partial charge on any atom is 0.243 e. The highest BCUT2D eigenvalue weighted by Crippen LogP contribution is 2.29. The van der Waals surface area contributed by atoms with Gasteiger partial charge in [0, 0.05) is 11.8 Å². The number of nitriles is 3. The molecule has 0 bridgehead atoms. The molecule has 6 nitrogen and oxygen atoms in total. The van der Waals surface area contributed by atoms with E-state index in [0.29, 0.717) is 12.0 Å². The molecule has 2 N–H and O–H groups in total. The Balaban J connectivity index is 2.13. The minimum Gasteiger partial charge on any atom is -0.289 e. The molecule has 29 heavy (non-hydrogen) atoms. The standard InChI is InChI=1S/C23H22N4O2/c24-14-17(15-25)13-19-11-12-20(16-26)23-18(8-6-9-21(19)23)7-4-2-1-3-5-10-22(28)27-29/h6,8-9,11-13,29H,1-5,7,10H2,(H,27,28). The van der Waals surface area contributed by atoms with E-state index in [-0.39, 0.29) is 11.5 Å². The topological polar surface area (TPSA) is 121 Å². The van der Waals surface area contributed by atoms with Gasteiger partial charge in [-0.05, 0) is 47.9 Å². The number of rotatable bonds is 9. The molecule has 0 aromatic heterocycles. The normalized spacial score (nSPS) is 9.86. The van der Waals surface area contributed by atoms with Crippen molar-refractivity contribution in [2.45, 2.75) is 44.9 Å². The van der Waals surface area contributed by atoms with Crippen LogP contribution >= 0.6 is 0 Å². The van der Waals surface area contributed by atoms with Crippen LogP contribution in [-0.4, -0.2) is 11.1 Å². The molecule has 0 aliphatic rings. The molecule has 0 aliphatic carbocycles. The van der Waals surface area contributed by atoms with Gasteiger partial charge < -0.3 is 0 Å². The average molecular weight is 386 g/mol. The zero-order valence-corrected chi connectivity index (χ0v) is 16.1. The van der Waals surface area contributed by atoms with Crippen LogP contribution in [0.4, 0.5) is 0 Å². The number of amides is 1. The fourth-order valence-electron chi connectivity index (χ4n) is 3.36. The van der Waals surface area contributed by atoms with Gasteiger partial charge in [0.1, 0.15) is 17.7 Å². The zero-order chi connectivity index (χ0) is 21.1. The van der Waals surface area contributed by atoms with Gasteiger partial charge in [0.2, 0.25) is 5.91 Å². The smallest absolute Gasteiger partial charge is 0.243 e. The third kappa shape index (κ3) is 5.91. The molecule has 0 saturated carbocycles. The lowest BCUT2D eigenvalue weighted by Crippen LogP contribution is -2.17. The maximum absolute atomic E-state index is 11.0. The van der Waals surface area contributed by atoms with Crippen LogP contribution in [0.15, 0.2) is 35.9 Å². The number of nitrogens with zero attached hydrogens (tertiary/aromatic N) is 3. The summed E-state index contributed by atoms with van der Waals surface area (Å²) in [6, 6.07) is 15.3. The van der Waals surface area contributed by atoms with Crippen LogP contribution in [0.1, 0.15) is 55.2 Å². The van der Waals surface area contributed by atoms with E-state index in [2.05, 4.69) is 6.07 Å². The minimum atomic E-state index is -0.356. The quantitative estimate of drug-likeness (QED) is 0.284. The van der Waals surface area contributed by atoms with Crippen molar-refractivity contribution >= 4 is 22.8 Å². The molecule has 0 heterocycles. The first-order valence-electron chi connectivity index (χ1n) is 9.54. The molecule has 1 amide bonds. The van der Waals surface area contributed by atoms with E-state index in [9.17, 15) is 10.1 Å². The molecular formula is C23H22N4O2. The predicted octanol–water partition coefficient (Wildman–Crippen LogP) is 4.53. The second-order valence-electron chi connectivity index (χ2n) is 6.74. The van der Waals surface area contributed by atoms with Gasteiger partial charge in [-0.3, -0.25) is 10.0 Å². The van der Waals surface area contributed by atoms with Gasteiger partial charge in [-0.2, -0.15) is 15.8 Å². The number of benzene rings is 2. The van der Waals surface area contributed by atoms with Gasteiger partial charge in [-0.1, -0.05) is 43.5 Å². The fraction of sp³-hybridized carbons (Fsp3) is 0.304. The molecule has 6 heteroatoms. The predicted molar refractivity (Wildman–Crippen MR) is 109 cm³/mol. The van der Waals surface area contributed by atoms with Gasteiger partial charge in [-0.15, -0.1) is 0 Å². The van der Waals surface area contributed by atoms with E-state index in [4.69, 9.17) is 15.7 Å². The van der Waals surface area contributed by atoms with E-state index in [1.165, 1.54) is 0 Å². The van der Waals surface area contributed by atoms with Crippen LogP contribution in [0.5, 0.6) is 0 Å². The molecule has 0 atom stereocenters. The van der Waals surface area contributed by atoms with E-state index >= 15 is 0 Å². The molecule has 2 rings (SSSR count). The van der Waals surface area contributed by atoms with Crippen LogP contribution in [-0.2, 0) is 11.2 Å². The lowest BCUT2D eigenvalue weighted by atomic mass is 9.92. The number of hydroxylamine groups is 1. The summed E-state index contributed by atoms with van der Waals surface area (Å²) in [5.41, 5.74) is 4.07. The molecular weight excluding hydrogens is 364 g/mol. The Morgan fingerprint density at radius 1 is 1.00 bits per heavy atom. The first-order valence-corrected chi connectivity index (χ1v) is 9.54. The summed E-state index contributed by atoms with van der Waals surface area (Å²) in [5.74, 6) is -0.356. The van der Waals surface area contributed by atoms with Crippen molar-refractivity contribution in [1.29, 1.82) is 15.8 Å². The lowest BCUT2D eigenvalue weighted by molar-refractivity contribution is -0.129. The van der Waals surface area contributed by atoms with Crippen LogP contribution < -0.4 is 5.48 Å². The van der Waals surface area contributed by atoms with Gasteiger partial charge in [-0.25, -0.2) is 5.48 Å².